The van der Waals surface area contributed by atoms with Crippen LogP contribution in [0.4, 0.5) is 4.79 Å². The molecule has 2 N–H and O–H groups in total. The molecule has 3 rings (SSSR count). The molecule has 1 heterocycles. The van der Waals surface area contributed by atoms with Crippen LogP contribution >= 0.6 is 23.2 Å². The van der Waals surface area contributed by atoms with Crippen LogP contribution < -0.4 is 10.6 Å². The predicted molar refractivity (Wildman–Crippen MR) is 96.5 cm³/mol. The molecule has 25 heavy (non-hydrogen) atoms. The van der Waals surface area contributed by atoms with E-state index in [0.29, 0.717) is 32.8 Å². The summed E-state index contributed by atoms with van der Waals surface area (Å²) in [5, 5.41) is 6.18. The zero-order valence-electron chi connectivity index (χ0n) is 14.1. The first kappa shape index (κ1) is 18.1. The summed E-state index contributed by atoms with van der Waals surface area (Å²) in [4.78, 5) is 24.7. The largest absolute Gasteiger partial charge is 0.459 e. The van der Waals surface area contributed by atoms with Crippen LogP contribution in [0, 0.1) is 5.92 Å². The molecule has 0 saturated heterocycles. The quantitative estimate of drug-likeness (QED) is 0.763. The van der Waals surface area contributed by atoms with Gasteiger partial charge < -0.3 is 15.4 Å². The number of allylic oxidation sites excluding steroid dienone is 1. The Morgan fingerprint density at radius 3 is 2.64 bits per heavy atom. The Morgan fingerprint density at radius 2 is 2.00 bits per heavy atom. The van der Waals surface area contributed by atoms with Crippen LogP contribution in [0.25, 0.3) is 0 Å². The van der Waals surface area contributed by atoms with Crippen molar-refractivity contribution >= 4 is 35.2 Å². The first-order valence-corrected chi connectivity index (χ1v) is 9.06. The number of ether oxygens (including phenoxy) is 1. The summed E-state index contributed by atoms with van der Waals surface area (Å²) < 4.78 is 5.73. The molecule has 134 valence electrons. The van der Waals surface area contributed by atoms with Crippen molar-refractivity contribution in [2.75, 3.05) is 0 Å². The molecular weight excluding hydrogens is 363 g/mol. The van der Waals surface area contributed by atoms with Crippen LogP contribution in [0.15, 0.2) is 29.5 Å². The molecule has 0 aromatic heterocycles. The molecule has 7 heteroatoms. The standard InChI is InChI=1S/C18H20Cl2N2O3/c1-9-4-3-5-14(9)25-17(23)15-10(2)21-18(24)22-16(15)11-6-7-12(19)13(20)8-11/h6-9,14,16H,3-5H2,1-2H3,(H2,21,22,24)/t9-,14-,16+/m1/s1. The Balaban J connectivity index is 1.91. The average Bonchev–Trinajstić information content (AvgIpc) is 2.94. The Morgan fingerprint density at radius 1 is 1.24 bits per heavy atom. The van der Waals surface area contributed by atoms with Gasteiger partial charge in [-0.15, -0.1) is 0 Å². The number of benzene rings is 1. The number of carbonyl (C=O) groups excluding carboxylic acids is 2. The number of hydrogen-bond acceptors (Lipinski definition) is 3. The Kier molecular flexibility index (Phi) is 5.25. The lowest BCUT2D eigenvalue weighted by atomic mass is 9.95. The summed E-state index contributed by atoms with van der Waals surface area (Å²) in [6.07, 6.45) is 2.90. The Labute approximate surface area is 156 Å². The van der Waals surface area contributed by atoms with E-state index in [0.717, 1.165) is 19.3 Å². The number of rotatable bonds is 3. The minimum atomic E-state index is -0.632. The molecule has 2 aliphatic rings. The second-order valence-corrected chi connectivity index (χ2v) is 7.41. The predicted octanol–water partition coefficient (Wildman–Crippen LogP) is 4.35. The number of urea groups is 1. The number of carbonyl (C=O) groups is 2. The van der Waals surface area contributed by atoms with Crippen LogP contribution in [0.1, 0.15) is 44.7 Å². The minimum absolute atomic E-state index is 0.0834. The summed E-state index contributed by atoms with van der Waals surface area (Å²) in [7, 11) is 0. The average molecular weight is 383 g/mol. The van der Waals surface area contributed by atoms with Gasteiger partial charge in [-0.1, -0.05) is 36.2 Å². The van der Waals surface area contributed by atoms with E-state index >= 15 is 0 Å². The van der Waals surface area contributed by atoms with Crippen molar-refractivity contribution in [3.8, 4) is 0 Å². The third-order valence-corrected chi connectivity index (χ3v) is 5.55. The molecule has 1 aliphatic heterocycles. The van der Waals surface area contributed by atoms with Gasteiger partial charge in [-0.2, -0.15) is 0 Å². The van der Waals surface area contributed by atoms with Crippen molar-refractivity contribution in [3.63, 3.8) is 0 Å². The van der Waals surface area contributed by atoms with Gasteiger partial charge in [-0.3, -0.25) is 0 Å². The minimum Gasteiger partial charge on any atom is -0.459 e. The van der Waals surface area contributed by atoms with Gasteiger partial charge in [0, 0.05) is 5.70 Å². The van der Waals surface area contributed by atoms with Crippen molar-refractivity contribution in [2.24, 2.45) is 5.92 Å². The Bertz CT molecular complexity index is 748. The summed E-state index contributed by atoms with van der Waals surface area (Å²) in [5.74, 6) is -0.0701. The molecule has 0 unspecified atom stereocenters. The first-order chi connectivity index (χ1) is 11.9. The van der Waals surface area contributed by atoms with Gasteiger partial charge >= 0.3 is 12.0 Å². The number of nitrogens with one attached hydrogen (secondary N) is 2. The monoisotopic (exact) mass is 382 g/mol. The lowest BCUT2D eigenvalue weighted by Gasteiger charge is -2.29. The van der Waals surface area contributed by atoms with Crippen molar-refractivity contribution in [1.82, 2.24) is 10.6 Å². The molecule has 1 fully saturated rings. The summed E-state index contributed by atoms with van der Waals surface area (Å²) in [5.41, 5.74) is 1.54. The van der Waals surface area contributed by atoms with Gasteiger partial charge in [0.15, 0.2) is 0 Å². The van der Waals surface area contributed by atoms with Gasteiger partial charge in [-0.25, -0.2) is 9.59 Å². The molecule has 0 bridgehead atoms. The topological polar surface area (TPSA) is 67.4 Å². The van der Waals surface area contributed by atoms with Crippen LogP contribution in [0.5, 0.6) is 0 Å². The summed E-state index contributed by atoms with van der Waals surface area (Å²) >= 11 is 12.1. The molecule has 0 spiro atoms. The highest BCUT2D eigenvalue weighted by molar-refractivity contribution is 6.42. The van der Waals surface area contributed by atoms with Crippen molar-refractivity contribution in [1.29, 1.82) is 0 Å². The van der Waals surface area contributed by atoms with Crippen LogP contribution in [-0.4, -0.2) is 18.1 Å². The van der Waals surface area contributed by atoms with E-state index in [1.165, 1.54) is 0 Å². The first-order valence-electron chi connectivity index (χ1n) is 8.31. The molecule has 1 aromatic rings. The van der Waals surface area contributed by atoms with E-state index in [4.69, 9.17) is 27.9 Å². The highest BCUT2D eigenvalue weighted by Gasteiger charge is 2.35. The highest BCUT2D eigenvalue weighted by Crippen LogP contribution is 2.34. The van der Waals surface area contributed by atoms with Crippen molar-refractivity contribution in [2.45, 2.75) is 45.3 Å². The zero-order chi connectivity index (χ0) is 18.1. The molecule has 3 atom stereocenters. The van der Waals surface area contributed by atoms with Gasteiger partial charge in [-0.05, 0) is 49.8 Å². The summed E-state index contributed by atoms with van der Waals surface area (Å²) in [6, 6.07) is 4.03. The zero-order valence-corrected chi connectivity index (χ0v) is 15.6. The van der Waals surface area contributed by atoms with E-state index in [-0.39, 0.29) is 12.1 Å². The van der Waals surface area contributed by atoms with E-state index in [1.54, 1.807) is 25.1 Å². The molecule has 1 aliphatic carbocycles. The fourth-order valence-corrected chi connectivity index (χ4v) is 3.70. The maximum atomic E-state index is 12.8. The lowest BCUT2D eigenvalue weighted by Crippen LogP contribution is -2.45. The van der Waals surface area contributed by atoms with Crippen molar-refractivity contribution < 1.29 is 14.3 Å². The number of esters is 1. The smallest absolute Gasteiger partial charge is 0.338 e. The van der Waals surface area contributed by atoms with Gasteiger partial charge in [0.05, 0.1) is 21.7 Å². The van der Waals surface area contributed by atoms with Crippen molar-refractivity contribution in [3.05, 3.63) is 45.1 Å². The highest BCUT2D eigenvalue weighted by atomic mass is 35.5. The second kappa shape index (κ2) is 7.26. The molecule has 1 saturated carbocycles. The number of amides is 2. The Hall–Kier alpha value is -1.72. The molecule has 2 amide bonds. The maximum absolute atomic E-state index is 12.8. The molecular formula is C18H20Cl2N2O3. The third kappa shape index (κ3) is 3.77. The van der Waals surface area contributed by atoms with E-state index in [9.17, 15) is 9.59 Å². The van der Waals surface area contributed by atoms with Crippen LogP contribution in [0.2, 0.25) is 10.0 Å². The van der Waals surface area contributed by atoms with E-state index < -0.39 is 12.0 Å². The second-order valence-electron chi connectivity index (χ2n) is 6.60. The maximum Gasteiger partial charge on any atom is 0.338 e. The van der Waals surface area contributed by atoms with Gasteiger partial charge in [0.2, 0.25) is 0 Å². The number of hydrogen-bond donors (Lipinski definition) is 2. The molecule has 0 radical (unpaired) electrons. The molecule has 1 aromatic carbocycles. The lowest BCUT2D eigenvalue weighted by molar-refractivity contribution is -0.146. The third-order valence-electron chi connectivity index (χ3n) is 4.81. The van der Waals surface area contributed by atoms with E-state index in [2.05, 4.69) is 17.6 Å². The van der Waals surface area contributed by atoms with Gasteiger partial charge in [0.25, 0.3) is 0 Å². The van der Waals surface area contributed by atoms with Gasteiger partial charge in [0.1, 0.15) is 6.10 Å². The normalized spacial score (nSPS) is 26.2. The summed E-state index contributed by atoms with van der Waals surface area (Å²) in [6.45, 7) is 3.78. The molecule has 5 nitrogen and oxygen atoms in total. The van der Waals surface area contributed by atoms with Crippen LogP contribution in [0.3, 0.4) is 0 Å². The van der Waals surface area contributed by atoms with Crippen LogP contribution in [-0.2, 0) is 9.53 Å². The SMILES string of the molecule is CC1=C(C(=O)O[C@@H]2CCC[C@H]2C)[C@H](c2ccc(Cl)c(Cl)c2)NC(=O)N1. The fraction of sp³-hybridized carbons (Fsp3) is 0.444. The van der Waals surface area contributed by atoms with E-state index in [1.807, 2.05) is 0 Å². The number of halogens is 2. The fourth-order valence-electron chi connectivity index (χ4n) is 3.39.